The Balaban J connectivity index is 1.49. The molecular weight excluding hydrogens is 288 g/mol. The van der Waals surface area contributed by atoms with Crippen molar-refractivity contribution in [1.29, 1.82) is 0 Å². The van der Waals surface area contributed by atoms with Crippen molar-refractivity contribution in [2.24, 2.45) is 5.92 Å². The highest BCUT2D eigenvalue weighted by Crippen LogP contribution is 2.23. The predicted octanol–water partition coefficient (Wildman–Crippen LogP) is 2.99. The van der Waals surface area contributed by atoms with E-state index in [1.807, 2.05) is 41.3 Å². The van der Waals surface area contributed by atoms with Crippen LogP contribution in [0.3, 0.4) is 0 Å². The van der Waals surface area contributed by atoms with Crippen molar-refractivity contribution >= 4 is 16.8 Å². The van der Waals surface area contributed by atoms with Gasteiger partial charge in [0, 0.05) is 35.9 Å². The molecule has 1 unspecified atom stereocenters. The van der Waals surface area contributed by atoms with Gasteiger partial charge in [0.05, 0.1) is 0 Å². The van der Waals surface area contributed by atoms with Gasteiger partial charge in [0.1, 0.15) is 5.69 Å². The van der Waals surface area contributed by atoms with E-state index in [4.69, 9.17) is 0 Å². The van der Waals surface area contributed by atoms with Crippen molar-refractivity contribution in [3.63, 3.8) is 0 Å². The third-order valence-electron chi connectivity index (χ3n) is 4.63. The highest BCUT2D eigenvalue weighted by atomic mass is 16.2. The summed E-state index contributed by atoms with van der Waals surface area (Å²) >= 11 is 0. The molecule has 0 radical (unpaired) electrons. The Morgan fingerprint density at radius 3 is 3.04 bits per heavy atom. The first-order valence-electron chi connectivity index (χ1n) is 8.15. The molecule has 1 amide bonds. The number of aromatic nitrogens is 3. The van der Waals surface area contributed by atoms with Crippen LogP contribution >= 0.6 is 0 Å². The summed E-state index contributed by atoms with van der Waals surface area (Å²) in [5, 5.41) is 8.11. The number of carbonyl (C=O) groups is 1. The van der Waals surface area contributed by atoms with E-state index < -0.39 is 0 Å². The van der Waals surface area contributed by atoms with E-state index >= 15 is 0 Å². The molecule has 5 nitrogen and oxygen atoms in total. The number of nitrogens with zero attached hydrogens (tertiary/aromatic N) is 2. The van der Waals surface area contributed by atoms with Crippen molar-refractivity contribution in [3.8, 4) is 0 Å². The first-order valence-corrected chi connectivity index (χ1v) is 8.15. The Bertz CT molecular complexity index is 772. The van der Waals surface area contributed by atoms with E-state index in [-0.39, 0.29) is 5.91 Å². The van der Waals surface area contributed by atoms with Crippen LogP contribution < -0.4 is 0 Å². The predicted molar refractivity (Wildman–Crippen MR) is 89.2 cm³/mol. The van der Waals surface area contributed by atoms with Gasteiger partial charge in [0.2, 0.25) is 0 Å². The highest BCUT2D eigenvalue weighted by molar-refractivity contribution is 5.98. The van der Waals surface area contributed by atoms with Crippen LogP contribution in [0.15, 0.2) is 42.6 Å². The monoisotopic (exact) mass is 308 g/mol. The van der Waals surface area contributed by atoms with Gasteiger partial charge in [-0.15, -0.1) is 0 Å². The maximum atomic E-state index is 12.8. The van der Waals surface area contributed by atoms with Gasteiger partial charge in [-0.25, -0.2) is 0 Å². The maximum absolute atomic E-state index is 12.8. The van der Waals surface area contributed by atoms with Crippen molar-refractivity contribution in [1.82, 2.24) is 20.1 Å². The molecule has 0 spiro atoms. The van der Waals surface area contributed by atoms with Gasteiger partial charge in [-0.05, 0) is 43.4 Å². The van der Waals surface area contributed by atoms with Crippen LogP contribution in [-0.2, 0) is 6.42 Å². The number of carbonyl (C=O) groups excluding carboxylic acids is 1. The van der Waals surface area contributed by atoms with Crippen LogP contribution in [0.5, 0.6) is 0 Å². The summed E-state index contributed by atoms with van der Waals surface area (Å²) in [5.74, 6) is 0.605. The molecule has 2 N–H and O–H groups in total. The van der Waals surface area contributed by atoms with Gasteiger partial charge in [0.15, 0.2) is 0 Å². The number of piperidine rings is 1. The van der Waals surface area contributed by atoms with Crippen molar-refractivity contribution in [2.75, 3.05) is 13.1 Å². The summed E-state index contributed by atoms with van der Waals surface area (Å²) in [7, 11) is 0. The smallest absolute Gasteiger partial charge is 0.270 e. The second-order valence-electron chi connectivity index (χ2n) is 6.32. The van der Waals surface area contributed by atoms with Gasteiger partial charge >= 0.3 is 0 Å². The Morgan fingerprint density at radius 1 is 1.30 bits per heavy atom. The minimum absolute atomic E-state index is 0.107. The first kappa shape index (κ1) is 14.1. The zero-order valence-corrected chi connectivity index (χ0v) is 13.0. The van der Waals surface area contributed by atoms with Crippen LogP contribution in [-0.4, -0.2) is 39.1 Å². The molecule has 1 atom stereocenters. The zero-order chi connectivity index (χ0) is 15.6. The molecule has 0 bridgehead atoms. The number of rotatable bonds is 3. The number of H-pyrrole nitrogens is 2. The quantitative estimate of drug-likeness (QED) is 0.781. The topological polar surface area (TPSA) is 64.8 Å². The molecule has 2 aromatic heterocycles. The molecule has 0 saturated carbocycles. The molecular formula is C18H20N4O. The van der Waals surface area contributed by atoms with E-state index in [0.29, 0.717) is 11.6 Å². The SMILES string of the molecule is O=C(c1cc2ccccc2[nH]1)N1CCCC(Cc2ccn[nH]2)C1. The number of nitrogens with one attached hydrogen (secondary N) is 2. The van der Waals surface area contributed by atoms with Gasteiger partial charge in [-0.3, -0.25) is 9.89 Å². The van der Waals surface area contributed by atoms with E-state index in [1.165, 1.54) is 0 Å². The average molecular weight is 308 g/mol. The standard InChI is InChI=1S/C18H20N4O/c23-18(17-11-14-5-1-2-6-16(14)20-17)22-9-3-4-13(12-22)10-15-7-8-19-21-15/h1-2,5-8,11,13,20H,3-4,9-10,12H2,(H,19,21). The third-order valence-corrected chi connectivity index (χ3v) is 4.63. The molecule has 23 heavy (non-hydrogen) atoms. The summed E-state index contributed by atoms with van der Waals surface area (Å²) in [4.78, 5) is 18.0. The van der Waals surface area contributed by atoms with Crippen molar-refractivity contribution in [3.05, 3.63) is 54.0 Å². The number of likely N-dealkylation sites (tertiary alicyclic amines) is 1. The molecule has 3 aromatic rings. The van der Waals surface area contributed by atoms with Crippen LogP contribution in [0.2, 0.25) is 0 Å². The van der Waals surface area contributed by atoms with Crippen LogP contribution in [0, 0.1) is 5.92 Å². The lowest BCUT2D eigenvalue weighted by atomic mass is 9.93. The lowest BCUT2D eigenvalue weighted by molar-refractivity contribution is 0.0668. The fourth-order valence-electron chi connectivity index (χ4n) is 3.48. The molecule has 1 aliphatic heterocycles. The normalized spacial score (nSPS) is 18.4. The van der Waals surface area contributed by atoms with E-state index in [0.717, 1.165) is 48.9 Å². The fraction of sp³-hybridized carbons (Fsp3) is 0.333. The largest absolute Gasteiger partial charge is 0.351 e. The van der Waals surface area contributed by atoms with Gasteiger partial charge in [0.25, 0.3) is 5.91 Å². The molecule has 1 aromatic carbocycles. The molecule has 1 aliphatic rings. The highest BCUT2D eigenvalue weighted by Gasteiger charge is 2.25. The van der Waals surface area contributed by atoms with Crippen LogP contribution in [0.1, 0.15) is 29.0 Å². The minimum atomic E-state index is 0.107. The van der Waals surface area contributed by atoms with Gasteiger partial charge in [-0.2, -0.15) is 5.10 Å². The van der Waals surface area contributed by atoms with E-state index in [9.17, 15) is 4.79 Å². The lowest BCUT2D eigenvalue weighted by Gasteiger charge is -2.32. The average Bonchev–Trinajstić information content (AvgIpc) is 3.23. The summed E-state index contributed by atoms with van der Waals surface area (Å²) < 4.78 is 0. The Hall–Kier alpha value is -2.56. The van der Waals surface area contributed by atoms with Gasteiger partial charge in [-0.1, -0.05) is 18.2 Å². The first-order chi connectivity index (χ1) is 11.3. The number of hydrogen-bond donors (Lipinski definition) is 2. The molecule has 3 heterocycles. The number of benzene rings is 1. The molecule has 5 heteroatoms. The van der Waals surface area contributed by atoms with Gasteiger partial charge < -0.3 is 9.88 Å². The Morgan fingerprint density at radius 2 is 2.22 bits per heavy atom. The summed E-state index contributed by atoms with van der Waals surface area (Å²) in [6, 6.07) is 12.0. The van der Waals surface area contributed by atoms with Crippen LogP contribution in [0.25, 0.3) is 10.9 Å². The fourth-order valence-corrected chi connectivity index (χ4v) is 3.48. The van der Waals surface area contributed by atoms with Crippen molar-refractivity contribution in [2.45, 2.75) is 19.3 Å². The summed E-state index contributed by atoms with van der Waals surface area (Å²) in [6.45, 7) is 1.65. The number of fused-ring (bicyclic) bond motifs is 1. The second-order valence-corrected chi connectivity index (χ2v) is 6.32. The molecule has 1 saturated heterocycles. The second kappa shape index (κ2) is 5.91. The lowest BCUT2D eigenvalue weighted by Crippen LogP contribution is -2.40. The molecule has 4 rings (SSSR count). The third kappa shape index (κ3) is 2.86. The van der Waals surface area contributed by atoms with E-state index in [2.05, 4.69) is 15.2 Å². The Labute approximate surface area is 134 Å². The molecule has 0 aliphatic carbocycles. The number of aromatic amines is 2. The zero-order valence-electron chi connectivity index (χ0n) is 13.0. The molecule has 1 fully saturated rings. The minimum Gasteiger partial charge on any atom is -0.351 e. The number of para-hydroxylation sites is 1. The Kier molecular flexibility index (Phi) is 3.61. The van der Waals surface area contributed by atoms with Crippen molar-refractivity contribution < 1.29 is 4.79 Å². The summed E-state index contributed by atoms with van der Waals surface area (Å²) in [5.41, 5.74) is 2.85. The number of hydrogen-bond acceptors (Lipinski definition) is 2. The van der Waals surface area contributed by atoms with Crippen LogP contribution in [0.4, 0.5) is 0 Å². The summed E-state index contributed by atoms with van der Waals surface area (Å²) in [6.07, 6.45) is 4.96. The van der Waals surface area contributed by atoms with E-state index in [1.54, 1.807) is 6.20 Å². The number of amides is 1. The molecule has 118 valence electrons. The maximum Gasteiger partial charge on any atom is 0.270 e.